The molecule has 3 aromatic rings. The molecule has 1 saturated heterocycles. The van der Waals surface area contributed by atoms with E-state index in [0.717, 1.165) is 52.7 Å². The van der Waals surface area contributed by atoms with Gasteiger partial charge in [0, 0.05) is 6.42 Å². The normalized spacial score (nSPS) is 17.1. The van der Waals surface area contributed by atoms with Crippen molar-refractivity contribution in [2.45, 2.75) is 44.3 Å². The molecule has 166 valence electrons. The number of carbonyl (C=O) groups excluding carboxylic acids is 1. The maximum atomic E-state index is 12.4. The fraction of sp³-hybridized carbons (Fsp3) is 0.375. The van der Waals surface area contributed by atoms with Crippen LogP contribution in [0.5, 0.6) is 0 Å². The number of hydrogen-bond acceptors (Lipinski definition) is 6. The molecule has 0 spiro atoms. The number of fused-ring (bicyclic) bond motifs is 1. The van der Waals surface area contributed by atoms with Gasteiger partial charge >= 0.3 is 4.87 Å². The van der Waals surface area contributed by atoms with E-state index in [9.17, 15) is 20.0 Å². The van der Waals surface area contributed by atoms with Gasteiger partial charge in [-0.25, -0.2) is 0 Å². The Kier molecular flexibility index (Phi) is 7.00. The fourth-order valence-electron chi connectivity index (χ4n) is 4.10. The highest BCUT2D eigenvalue weighted by molar-refractivity contribution is 7.16. The van der Waals surface area contributed by atoms with E-state index >= 15 is 0 Å². The van der Waals surface area contributed by atoms with E-state index in [0.29, 0.717) is 6.42 Å². The summed E-state index contributed by atoms with van der Waals surface area (Å²) in [6, 6.07) is 15.2. The molecular weight excluding hydrogens is 424 g/mol. The Labute approximate surface area is 190 Å². The van der Waals surface area contributed by atoms with Crippen LogP contribution in [0.15, 0.2) is 47.3 Å². The molecule has 1 aromatic heterocycles. The van der Waals surface area contributed by atoms with E-state index in [1.807, 2.05) is 42.5 Å². The third kappa shape index (κ3) is 4.91. The van der Waals surface area contributed by atoms with Crippen molar-refractivity contribution in [2.75, 3.05) is 13.2 Å². The lowest BCUT2D eigenvalue weighted by Gasteiger charge is -2.23. The maximum Gasteiger partial charge on any atom is 0.308 e. The summed E-state index contributed by atoms with van der Waals surface area (Å²) in [4.78, 5) is 24.5. The first-order chi connectivity index (χ1) is 15.6. The van der Waals surface area contributed by atoms with Crippen molar-refractivity contribution in [3.63, 3.8) is 0 Å². The van der Waals surface area contributed by atoms with Crippen LogP contribution in [0.25, 0.3) is 21.3 Å². The van der Waals surface area contributed by atoms with Crippen molar-refractivity contribution in [2.24, 2.45) is 0 Å². The Balaban J connectivity index is 1.46. The number of nitriles is 1. The lowest BCUT2D eigenvalue weighted by Crippen LogP contribution is -2.49. The number of thiazole rings is 1. The Hall–Kier alpha value is -2.99. The van der Waals surface area contributed by atoms with E-state index in [2.05, 4.69) is 16.7 Å². The Bertz CT molecular complexity index is 1190. The molecule has 0 bridgehead atoms. The van der Waals surface area contributed by atoms with Crippen molar-refractivity contribution in [1.82, 2.24) is 15.2 Å². The second kappa shape index (κ2) is 10.1. The number of carbonyl (C=O) groups is 1. The minimum atomic E-state index is -0.577. The minimum absolute atomic E-state index is 0.0745. The predicted octanol–water partition coefficient (Wildman–Crippen LogP) is 2.42. The van der Waals surface area contributed by atoms with Crippen LogP contribution >= 0.6 is 11.3 Å². The Morgan fingerprint density at radius 1 is 1.25 bits per heavy atom. The summed E-state index contributed by atoms with van der Waals surface area (Å²) in [6.07, 6.45) is 3.35. The zero-order valence-electron chi connectivity index (χ0n) is 17.7. The van der Waals surface area contributed by atoms with Crippen molar-refractivity contribution in [3.05, 3.63) is 57.7 Å². The zero-order valence-corrected chi connectivity index (χ0v) is 18.5. The standard InChI is InChI=1S/C24H26N4O3S/c25-15-19(27-23(30)20-3-1-2-10-26-20)13-16-4-6-17(7-5-16)18-8-9-22-21(14-18)28(11-12-29)24(31)32-22/h4-9,14,19-20,26,29H,1-3,10-13H2,(H,27,30)/t19-,20-/m0/s1. The van der Waals surface area contributed by atoms with Gasteiger partial charge < -0.3 is 15.7 Å². The summed E-state index contributed by atoms with van der Waals surface area (Å²) in [7, 11) is 0. The lowest BCUT2D eigenvalue weighted by atomic mass is 10.00. The van der Waals surface area contributed by atoms with Crippen molar-refractivity contribution < 1.29 is 9.90 Å². The average Bonchev–Trinajstić information content (AvgIpc) is 3.14. The number of aliphatic hydroxyl groups excluding tert-OH is 1. The molecular formula is C24H26N4O3S. The van der Waals surface area contributed by atoms with Gasteiger partial charge in [-0.15, -0.1) is 0 Å². The predicted molar refractivity (Wildman–Crippen MR) is 125 cm³/mol. The molecule has 1 amide bonds. The molecule has 0 radical (unpaired) electrons. The van der Waals surface area contributed by atoms with Gasteiger partial charge in [-0.05, 0) is 48.2 Å². The van der Waals surface area contributed by atoms with E-state index in [1.54, 1.807) is 4.57 Å². The summed E-state index contributed by atoms with van der Waals surface area (Å²) < 4.78 is 2.49. The topological polar surface area (TPSA) is 107 Å². The molecule has 1 aliphatic rings. The number of piperidine rings is 1. The molecule has 2 aromatic carbocycles. The molecule has 2 atom stereocenters. The number of nitrogens with zero attached hydrogens (tertiary/aromatic N) is 2. The fourth-order valence-corrected chi connectivity index (χ4v) is 5.00. The van der Waals surface area contributed by atoms with Gasteiger partial charge in [-0.3, -0.25) is 14.2 Å². The number of aliphatic hydroxyl groups is 1. The van der Waals surface area contributed by atoms with Gasteiger partial charge in [0.15, 0.2) is 0 Å². The first kappa shape index (κ1) is 22.2. The van der Waals surface area contributed by atoms with Crippen LogP contribution in [0.2, 0.25) is 0 Å². The maximum absolute atomic E-state index is 12.4. The van der Waals surface area contributed by atoms with E-state index < -0.39 is 6.04 Å². The SMILES string of the molecule is N#C[C@H](Cc1ccc(-c2ccc3sc(=O)n(CCO)c3c2)cc1)NC(=O)[C@@H]1CCCCN1. The summed E-state index contributed by atoms with van der Waals surface area (Å²) >= 11 is 1.18. The highest BCUT2D eigenvalue weighted by atomic mass is 32.1. The number of benzene rings is 2. The van der Waals surface area contributed by atoms with Crippen LogP contribution in [0, 0.1) is 11.3 Å². The Morgan fingerprint density at radius 3 is 2.72 bits per heavy atom. The molecule has 0 unspecified atom stereocenters. The molecule has 2 heterocycles. The smallest absolute Gasteiger partial charge is 0.308 e. The van der Waals surface area contributed by atoms with E-state index in [1.165, 1.54) is 11.3 Å². The summed E-state index contributed by atoms with van der Waals surface area (Å²) in [5.74, 6) is -0.106. The van der Waals surface area contributed by atoms with Crippen LogP contribution in [0.3, 0.4) is 0 Å². The highest BCUT2D eigenvalue weighted by Crippen LogP contribution is 2.26. The number of hydrogen-bond donors (Lipinski definition) is 3. The van der Waals surface area contributed by atoms with Gasteiger partial charge in [0.2, 0.25) is 5.91 Å². The molecule has 0 saturated carbocycles. The highest BCUT2D eigenvalue weighted by Gasteiger charge is 2.23. The van der Waals surface area contributed by atoms with Gasteiger partial charge in [-0.1, -0.05) is 48.1 Å². The first-order valence-electron chi connectivity index (χ1n) is 10.9. The van der Waals surface area contributed by atoms with Crippen molar-refractivity contribution in [3.8, 4) is 17.2 Å². The van der Waals surface area contributed by atoms with Gasteiger partial charge in [0.25, 0.3) is 0 Å². The van der Waals surface area contributed by atoms with Crippen LogP contribution in [-0.4, -0.2) is 40.8 Å². The van der Waals surface area contributed by atoms with Crippen molar-refractivity contribution >= 4 is 27.5 Å². The summed E-state index contributed by atoms with van der Waals surface area (Å²) in [5.41, 5.74) is 3.75. The molecule has 8 heteroatoms. The molecule has 0 aliphatic carbocycles. The second-order valence-electron chi connectivity index (χ2n) is 8.02. The van der Waals surface area contributed by atoms with Crippen LogP contribution < -0.4 is 15.5 Å². The van der Waals surface area contributed by atoms with Crippen LogP contribution in [-0.2, 0) is 17.8 Å². The quantitative estimate of drug-likeness (QED) is 0.512. The van der Waals surface area contributed by atoms with Crippen LogP contribution in [0.1, 0.15) is 24.8 Å². The number of aromatic nitrogens is 1. The second-order valence-corrected chi connectivity index (χ2v) is 9.01. The lowest BCUT2D eigenvalue weighted by molar-refractivity contribution is -0.124. The van der Waals surface area contributed by atoms with E-state index in [4.69, 9.17) is 0 Å². The molecule has 32 heavy (non-hydrogen) atoms. The summed E-state index contributed by atoms with van der Waals surface area (Å²) in [6.45, 7) is 1.03. The third-order valence-corrected chi connectivity index (χ3v) is 6.78. The Morgan fingerprint density at radius 2 is 2.03 bits per heavy atom. The van der Waals surface area contributed by atoms with Gasteiger partial charge in [0.1, 0.15) is 6.04 Å². The van der Waals surface area contributed by atoms with Gasteiger partial charge in [-0.2, -0.15) is 5.26 Å². The molecule has 7 nitrogen and oxygen atoms in total. The van der Waals surface area contributed by atoms with E-state index in [-0.39, 0.29) is 30.0 Å². The first-order valence-corrected chi connectivity index (χ1v) is 11.7. The van der Waals surface area contributed by atoms with Crippen LogP contribution in [0.4, 0.5) is 0 Å². The number of amides is 1. The van der Waals surface area contributed by atoms with Gasteiger partial charge in [0.05, 0.1) is 35.5 Å². The third-order valence-electron chi connectivity index (χ3n) is 5.82. The molecule has 1 fully saturated rings. The summed E-state index contributed by atoms with van der Waals surface area (Å²) in [5, 5.41) is 24.8. The molecule has 4 rings (SSSR count). The monoisotopic (exact) mass is 450 g/mol. The minimum Gasteiger partial charge on any atom is -0.395 e. The molecule has 3 N–H and O–H groups in total. The number of nitrogens with one attached hydrogen (secondary N) is 2. The number of rotatable bonds is 7. The average molecular weight is 451 g/mol. The largest absolute Gasteiger partial charge is 0.395 e. The molecule has 1 aliphatic heterocycles. The van der Waals surface area contributed by atoms with Crippen molar-refractivity contribution in [1.29, 1.82) is 5.26 Å². The zero-order chi connectivity index (χ0) is 22.5.